The Hall–Kier alpha value is -1.00. The van der Waals surface area contributed by atoms with Gasteiger partial charge in [0.15, 0.2) is 0 Å². The minimum absolute atomic E-state index is 0.0627. The molecule has 0 radical (unpaired) electrons. The van der Waals surface area contributed by atoms with Gasteiger partial charge in [0, 0.05) is 18.0 Å². The van der Waals surface area contributed by atoms with E-state index in [1.165, 1.54) is 10.5 Å². The molecule has 0 saturated carbocycles. The summed E-state index contributed by atoms with van der Waals surface area (Å²) in [5.41, 5.74) is 1.31. The maximum Gasteiger partial charge on any atom is 0.236 e. The predicted molar refractivity (Wildman–Crippen MR) is 71.8 cm³/mol. The largest absolute Gasteiger partial charge is 0.375 e. The summed E-state index contributed by atoms with van der Waals surface area (Å²) in [6.07, 6.45) is 1.03. The summed E-state index contributed by atoms with van der Waals surface area (Å²) in [7, 11) is 0. The zero-order valence-corrected chi connectivity index (χ0v) is 11.3. The van der Waals surface area contributed by atoms with Crippen molar-refractivity contribution in [3.8, 4) is 0 Å². The molecule has 1 fully saturated rings. The number of morpholine rings is 1. The Balaban J connectivity index is 1.68. The Kier molecular flexibility index (Phi) is 3.31. The minimum Gasteiger partial charge on any atom is -0.375 e. The van der Waals surface area contributed by atoms with E-state index in [2.05, 4.69) is 12.1 Å². The van der Waals surface area contributed by atoms with Crippen LogP contribution < -0.4 is 0 Å². The number of hydrogen-bond acceptors (Lipinski definition) is 3. The van der Waals surface area contributed by atoms with E-state index in [1.807, 2.05) is 24.0 Å². The molecule has 3 rings (SSSR count). The van der Waals surface area contributed by atoms with Gasteiger partial charge in [0.05, 0.1) is 18.0 Å². The van der Waals surface area contributed by atoms with Crippen molar-refractivity contribution in [3.05, 3.63) is 29.8 Å². The summed E-state index contributed by atoms with van der Waals surface area (Å²) in [6, 6.07) is 8.31. The van der Waals surface area contributed by atoms with Crippen LogP contribution in [0.3, 0.4) is 0 Å². The molecule has 1 amide bonds. The number of amides is 1. The summed E-state index contributed by atoms with van der Waals surface area (Å²) in [5, 5.41) is 0.0627. The highest BCUT2D eigenvalue weighted by Gasteiger charge is 2.32. The second kappa shape index (κ2) is 4.94. The quantitative estimate of drug-likeness (QED) is 0.775. The lowest BCUT2D eigenvalue weighted by molar-refractivity contribution is -0.137. The molecule has 2 aliphatic rings. The SMILES string of the molecule is C[C@@H]1CN(C(=O)[C@H]2Cc3ccccc3S2)CCO1. The maximum absolute atomic E-state index is 12.5. The van der Waals surface area contributed by atoms with Gasteiger partial charge in [-0.2, -0.15) is 0 Å². The van der Waals surface area contributed by atoms with Gasteiger partial charge < -0.3 is 9.64 Å². The van der Waals surface area contributed by atoms with Crippen molar-refractivity contribution >= 4 is 17.7 Å². The molecule has 0 N–H and O–H groups in total. The fourth-order valence-electron chi connectivity index (χ4n) is 2.54. The molecule has 3 nitrogen and oxygen atoms in total. The molecule has 1 saturated heterocycles. The maximum atomic E-state index is 12.5. The van der Waals surface area contributed by atoms with Gasteiger partial charge in [-0.1, -0.05) is 18.2 Å². The lowest BCUT2D eigenvalue weighted by Crippen LogP contribution is -2.47. The second-order valence-electron chi connectivity index (χ2n) is 4.88. The van der Waals surface area contributed by atoms with Gasteiger partial charge in [0.1, 0.15) is 0 Å². The van der Waals surface area contributed by atoms with Gasteiger partial charge in [-0.05, 0) is 25.0 Å². The number of rotatable bonds is 1. The number of nitrogens with zero attached hydrogens (tertiary/aromatic N) is 1. The third kappa shape index (κ3) is 2.27. The van der Waals surface area contributed by atoms with Gasteiger partial charge in [-0.3, -0.25) is 4.79 Å². The Morgan fingerprint density at radius 2 is 2.28 bits per heavy atom. The smallest absolute Gasteiger partial charge is 0.236 e. The van der Waals surface area contributed by atoms with Crippen LogP contribution in [0.15, 0.2) is 29.2 Å². The first kappa shape index (κ1) is 12.1. The van der Waals surface area contributed by atoms with Crippen molar-refractivity contribution in [2.75, 3.05) is 19.7 Å². The highest BCUT2D eigenvalue weighted by molar-refractivity contribution is 8.01. The van der Waals surface area contributed by atoms with Gasteiger partial charge in [-0.25, -0.2) is 0 Å². The Bertz CT molecular complexity index is 438. The molecule has 0 aliphatic carbocycles. The number of carbonyl (C=O) groups is 1. The highest BCUT2D eigenvalue weighted by atomic mass is 32.2. The second-order valence-corrected chi connectivity index (χ2v) is 6.13. The number of ether oxygens (including phenoxy) is 1. The molecule has 2 heterocycles. The highest BCUT2D eigenvalue weighted by Crippen LogP contribution is 2.37. The lowest BCUT2D eigenvalue weighted by Gasteiger charge is -2.32. The third-order valence-electron chi connectivity index (χ3n) is 3.48. The van der Waals surface area contributed by atoms with E-state index in [9.17, 15) is 4.79 Å². The number of benzene rings is 1. The van der Waals surface area contributed by atoms with E-state index in [0.717, 1.165) is 19.5 Å². The summed E-state index contributed by atoms with van der Waals surface area (Å²) in [4.78, 5) is 15.7. The van der Waals surface area contributed by atoms with Crippen molar-refractivity contribution in [1.29, 1.82) is 0 Å². The van der Waals surface area contributed by atoms with Crippen molar-refractivity contribution in [2.45, 2.75) is 29.6 Å². The van der Waals surface area contributed by atoms with Gasteiger partial charge in [0.25, 0.3) is 0 Å². The van der Waals surface area contributed by atoms with E-state index < -0.39 is 0 Å². The normalized spacial score (nSPS) is 27.1. The van der Waals surface area contributed by atoms with Crippen LogP contribution in [0.4, 0.5) is 0 Å². The van der Waals surface area contributed by atoms with Crippen LogP contribution in [0.25, 0.3) is 0 Å². The van der Waals surface area contributed by atoms with E-state index >= 15 is 0 Å². The molecule has 2 aliphatic heterocycles. The Labute approximate surface area is 111 Å². The average molecular weight is 263 g/mol. The topological polar surface area (TPSA) is 29.5 Å². The van der Waals surface area contributed by atoms with Crippen LogP contribution in [-0.2, 0) is 16.0 Å². The van der Waals surface area contributed by atoms with Crippen molar-refractivity contribution in [3.63, 3.8) is 0 Å². The Morgan fingerprint density at radius 1 is 1.44 bits per heavy atom. The molecular formula is C14H17NO2S. The van der Waals surface area contributed by atoms with Crippen molar-refractivity contribution in [1.82, 2.24) is 4.90 Å². The molecule has 4 heteroatoms. The summed E-state index contributed by atoms with van der Waals surface area (Å²) >= 11 is 1.71. The average Bonchev–Trinajstić information content (AvgIpc) is 2.81. The molecule has 2 atom stereocenters. The number of hydrogen-bond donors (Lipinski definition) is 0. The first-order valence-electron chi connectivity index (χ1n) is 6.39. The first-order valence-corrected chi connectivity index (χ1v) is 7.27. The minimum atomic E-state index is 0.0627. The van der Waals surface area contributed by atoms with Gasteiger partial charge >= 0.3 is 0 Å². The zero-order chi connectivity index (χ0) is 12.5. The third-order valence-corrected chi connectivity index (χ3v) is 4.78. The molecule has 0 unspecified atom stereocenters. The van der Waals surface area contributed by atoms with Crippen LogP contribution in [0.2, 0.25) is 0 Å². The van der Waals surface area contributed by atoms with Gasteiger partial charge in [0.2, 0.25) is 5.91 Å². The van der Waals surface area contributed by atoms with Crippen LogP contribution in [0, 0.1) is 0 Å². The molecule has 1 aromatic carbocycles. The number of carbonyl (C=O) groups excluding carboxylic acids is 1. The Morgan fingerprint density at radius 3 is 3.06 bits per heavy atom. The molecule has 0 bridgehead atoms. The number of fused-ring (bicyclic) bond motifs is 1. The fraction of sp³-hybridized carbons (Fsp3) is 0.500. The van der Waals surface area contributed by atoms with E-state index in [0.29, 0.717) is 6.61 Å². The van der Waals surface area contributed by atoms with Crippen LogP contribution in [0.1, 0.15) is 12.5 Å². The van der Waals surface area contributed by atoms with Crippen molar-refractivity contribution < 1.29 is 9.53 Å². The molecular weight excluding hydrogens is 246 g/mol. The summed E-state index contributed by atoms with van der Waals surface area (Å²) in [6.45, 7) is 4.15. The zero-order valence-electron chi connectivity index (χ0n) is 10.5. The van der Waals surface area contributed by atoms with Crippen molar-refractivity contribution in [2.24, 2.45) is 0 Å². The van der Waals surface area contributed by atoms with E-state index in [4.69, 9.17) is 4.74 Å². The fourth-order valence-corrected chi connectivity index (χ4v) is 3.82. The lowest BCUT2D eigenvalue weighted by atomic mass is 10.1. The molecule has 0 aromatic heterocycles. The molecule has 18 heavy (non-hydrogen) atoms. The first-order chi connectivity index (χ1) is 8.74. The molecule has 0 spiro atoms. The van der Waals surface area contributed by atoms with E-state index in [-0.39, 0.29) is 17.3 Å². The monoisotopic (exact) mass is 263 g/mol. The van der Waals surface area contributed by atoms with Crippen LogP contribution in [-0.4, -0.2) is 41.9 Å². The number of thioether (sulfide) groups is 1. The van der Waals surface area contributed by atoms with Gasteiger partial charge in [-0.15, -0.1) is 11.8 Å². The summed E-state index contributed by atoms with van der Waals surface area (Å²) in [5.74, 6) is 0.270. The van der Waals surface area contributed by atoms with E-state index in [1.54, 1.807) is 11.8 Å². The molecule has 96 valence electrons. The summed E-state index contributed by atoms with van der Waals surface area (Å²) < 4.78 is 5.48. The van der Waals surface area contributed by atoms with Crippen LogP contribution >= 0.6 is 11.8 Å². The van der Waals surface area contributed by atoms with Crippen LogP contribution in [0.5, 0.6) is 0 Å². The predicted octanol–water partition coefficient (Wildman–Crippen LogP) is 1.95. The molecule has 1 aromatic rings. The standard InChI is InChI=1S/C14H17NO2S/c1-10-9-15(6-7-17-10)14(16)13-8-11-4-2-3-5-12(11)18-13/h2-5,10,13H,6-9H2,1H3/t10-,13-/m1/s1.